The van der Waals surface area contributed by atoms with Gasteiger partial charge in [0.15, 0.2) is 0 Å². The number of ether oxygens (including phenoxy) is 1. The van der Waals surface area contributed by atoms with Crippen LogP contribution in [0.2, 0.25) is 0 Å². The summed E-state index contributed by atoms with van der Waals surface area (Å²) in [6, 6.07) is 0.495. The average molecular weight is 281 g/mol. The van der Waals surface area contributed by atoms with E-state index in [9.17, 15) is 0 Å². The van der Waals surface area contributed by atoms with Crippen LogP contribution in [0, 0.1) is 0 Å². The minimum atomic E-state index is 0.104. The number of nitrogens with one attached hydrogen (secondary N) is 1. The molecule has 1 aliphatic rings. The van der Waals surface area contributed by atoms with E-state index in [1.165, 1.54) is 0 Å². The van der Waals surface area contributed by atoms with E-state index in [0.717, 1.165) is 45.1 Å². The number of aromatic nitrogens is 3. The van der Waals surface area contributed by atoms with E-state index in [1.807, 2.05) is 10.9 Å². The predicted octanol–water partition coefficient (Wildman–Crippen LogP) is 0.887. The molecule has 0 spiro atoms. The molecule has 0 radical (unpaired) electrons. The fourth-order valence-corrected chi connectivity index (χ4v) is 2.21. The maximum absolute atomic E-state index is 5.45. The Labute approximate surface area is 121 Å². The molecule has 2 rings (SSSR count). The lowest BCUT2D eigenvalue weighted by atomic mass is 10.1. The largest absolute Gasteiger partial charge is 0.379 e. The van der Waals surface area contributed by atoms with Crippen molar-refractivity contribution < 1.29 is 4.74 Å². The molecule has 1 aromatic heterocycles. The van der Waals surface area contributed by atoms with Crippen LogP contribution in [0.1, 0.15) is 33.4 Å². The average Bonchev–Trinajstić information content (AvgIpc) is 2.83. The van der Waals surface area contributed by atoms with Crippen LogP contribution in [-0.4, -0.2) is 57.8 Å². The highest BCUT2D eigenvalue weighted by atomic mass is 16.5. The van der Waals surface area contributed by atoms with Crippen LogP contribution in [0.25, 0.3) is 0 Å². The summed E-state index contributed by atoms with van der Waals surface area (Å²) in [5.41, 5.74) is 1.10. The summed E-state index contributed by atoms with van der Waals surface area (Å²) in [5, 5.41) is 11.8. The van der Waals surface area contributed by atoms with E-state index in [0.29, 0.717) is 6.04 Å². The highest BCUT2D eigenvalue weighted by Gasteiger charge is 2.18. The van der Waals surface area contributed by atoms with Crippen molar-refractivity contribution in [3.63, 3.8) is 0 Å². The Bertz CT molecular complexity index is 412. The molecule has 20 heavy (non-hydrogen) atoms. The summed E-state index contributed by atoms with van der Waals surface area (Å²) in [6.45, 7) is 14.0. The zero-order valence-corrected chi connectivity index (χ0v) is 13.1. The fourth-order valence-electron chi connectivity index (χ4n) is 2.21. The van der Waals surface area contributed by atoms with Crippen LogP contribution in [0.5, 0.6) is 0 Å². The normalized spacial score (nSPS) is 21.3. The van der Waals surface area contributed by atoms with Crippen LogP contribution >= 0.6 is 0 Å². The van der Waals surface area contributed by atoms with E-state index < -0.39 is 0 Å². The molecule has 0 amide bonds. The maximum Gasteiger partial charge on any atom is 0.0965 e. The number of hydrogen-bond acceptors (Lipinski definition) is 5. The van der Waals surface area contributed by atoms with E-state index >= 15 is 0 Å². The van der Waals surface area contributed by atoms with Gasteiger partial charge >= 0.3 is 0 Å². The number of hydrogen-bond donors (Lipinski definition) is 1. The van der Waals surface area contributed by atoms with Gasteiger partial charge in [-0.3, -0.25) is 9.58 Å². The lowest BCUT2D eigenvalue weighted by Gasteiger charge is -2.32. The van der Waals surface area contributed by atoms with Gasteiger partial charge in [-0.15, -0.1) is 5.10 Å². The Morgan fingerprint density at radius 1 is 1.40 bits per heavy atom. The third-order valence-electron chi connectivity index (χ3n) is 3.51. The number of morpholine rings is 1. The topological polar surface area (TPSA) is 55.2 Å². The maximum atomic E-state index is 5.45. The molecule has 1 unspecified atom stereocenters. The summed E-state index contributed by atoms with van der Waals surface area (Å²) in [5.74, 6) is 0. The van der Waals surface area contributed by atoms with Crippen molar-refractivity contribution in [3.05, 3.63) is 11.9 Å². The summed E-state index contributed by atoms with van der Waals surface area (Å²) < 4.78 is 7.38. The SMILES string of the molecule is CC1COCCN1CCn1cc(CNC(C)(C)C)nn1. The first-order chi connectivity index (χ1) is 9.44. The van der Waals surface area contributed by atoms with Crippen LogP contribution in [-0.2, 0) is 17.8 Å². The van der Waals surface area contributed by atoms with Crippen molar-refractivity contribution in [1.29, 1.82) is 0 Å². The first-order valence-corrected chi connectivity index (χ1v) is 7.40. The first-order valence-electron chi connectivity index (χ1n) is 7.40. The molecule has 0 bridgehead atoms. The standard InChI is InChI=1S/C14H27N5O/c1-12-11-20-8-7-18(12)5-6-19-10-13(16-17-19)9-15-14(2,3)4/h10,12,15H,5-9,11H2,1-4H3. The Hall–Kier alpha value is -0.980. The van der Waals surface area contributed by atoms with Crippen LogP contribution < -0.4 is 5.32 Å². The Kier molecular flexibility index (Phi) is 5.12. The predicted molar refractivity (Wildman–Crippen MR) is 78.5 cm³/mol. The molecule has 1 aromatic rings. The van der Waals surface area contributed by atoms with Gasteiger partial charge in [-0.2, -0.15) is 0 Å². The molecule has 0 aromatic carbocycles. The van der Waals surface area contributed by atoms with Crippen molar-refractivity contribution in [2.75, 3.05) is 26.3 Å². The molecule has 0 saturated carbocycles. The lowest BCUT2D eigenvalue weighted by Crippen LogP contribution is -2.44. The Balaban J connectivity index is 1.77. The van der Waals surface area contributed by atoms with E-state index in [2.05, 4.69) is 48.2 Å². The molecule has 1 aliphatic heterocycles. The third-order valence-corrected chi connectivity index (χ3v) is 3.51. The summed E-state index contributed by atoms with van der Waals surface area (Å²) in [7, 11) is 0. The van der Waals surface area contributed by atoms with Crippen LogP contribution in [0.4, 0.5) is 0 Å². The molecule has 2 heterocycles. The zero-order chi connectivity index (χ0) is 14.6. The Morgan fingerprint density at radius 3 is 2.90 bits per heavy atom. The van der Waals surface area contributed by atoms with Crippen LogP contribution in [0.3, 0.4) is 0 Å². The number of rotatable bonds is 5. The van der Waals surface area contributed by atoms with Crippen molar-refractivity contribution in [1.82, 2.24) is 25.2 Å². The monoisotopic (exact) mass is 281 g/mol. The fraction of sp³-hybridized carbons (Fsp3) is 0.857. The molecule has 6 nitrogen and oxygen atoms in total. The van der Waals surface area contributed by atoms with Crippen molar-refractivity contribution in [2.24, 2.45) is 0 Å². The molecule has 1 fully saturated rings. The highest BCUT2D eigenvalue weighted by Crippen LogP contribution is 2.06. The molecular weight excluding hydrogens is 254 g/mol. The second kappa shape index (κ2) is 6.65. The van der Waals surface area contributed by atoms with Crippen molar-refractivity contribution in [3.8, 4) is 0 Å². The van der Waals surface area contributed by atoms with Gasteiger partial charge in [0.1, 0.15) is 0 Å². The minimum Gasteiger partial charge on any atom is -0.379 e. The van der Waals surface area contributed by atoms with Gasteiger partial charge in [0.25, 0.3) is 0 Å². The number of nitrogens with zero attached hydrogens (tertiary/aromatic N) is 4. The summed E-state index contributed by atoms with van der Waals surface area (Å²) >= 11 is 0. The molecular formula is C14H27N5O. The van der Waals surface area contributed by atoms with Crippen molar-refractivity contribution in [2.45, 2.75) is 52.4 Å². The molecule has 1 atom stereocenters. The van der Waals surface area contributed by atoms with Gasteiger partial charge in [-0.1, -0.05) is 5.21 Å². The second-order valence-electron chi connectivity index (χ2n) is 6.54. The summed E-state index contributed by atoms with van der Waals surface area (Å²) in [4.78, 5) is 2.44. The smallest absolute Gasteiger partial charge is 0.0965 e. The van der Waals surface area contributed by atoms with E-state index in [-0.39, 0.29) is 5.54 Å². The van der Waals surface area contributed by atoms with Gasteiger partial charge < -0.3 is 10.1 Å². The first kappa shape index (κ1) is 15.4. The molecule has 6 heteroatoms. The van der Waals surface area contributed by atoms with Gasteiger partial charge in [-0.05, 0) is 27.7 Å². The van der Waals surface area contributed by atoms with Gasteiger partial charge in [-0.25, -0.2) is 0 Å². The zero-order valence-electron chi connectivity index (χ0n) is 13.1. The molecule has 0 aliphatic carbocycles. The van der Waals surface area contributed by atoms with E-state index in [1.54, 1.807) is 0 Å². The quantitative estimate of drug-likeness (QED) is 0.868. The Morgan fingerprint density at radius 2 is 2.20 bits per heavy atom. The summed E-state index contributed by atoms with van der Waals surface area (Å²) in [6.07, 6.45) is 2.03. The van der Waals surface area contributed by atoms with Gasteiger partial charge in [0.05, 0.1) is 25.5 Å². The van der Waals surface area contributed by atoms with Gasteiger partial charge in [0, 0.05) is 37.4 Å². The van der Waals surface area contributed by atoms with Crippen LogP contribution in [0.15, 0.2) is 6.20 Å². The lowest BCUT2D eigenvalue weighted by molar-refractivity contribution is -0.00209. The van der Waals surface area contributed by atoms with Crippen molar-refractivity contribution >= 4 is 0 Å². The third kappa shape index (κ3) is 4.85. The molecule has 1 saturated heterocycles. The molecule has 114 valence electrons. The van der Waals surface area contributed by atoms with Gasteiger partial charge in [0.2, 0.25) is 0 Å². The molecule has 1 N–H and O–H groups in total. The highest BCUT2D eigenvalue weighted by molar-refractivity contribution is 4.93. The second-order valence-corrected chi connectivity index (χ2v) is 6.54. The minimum absolute atomic E-state index is 0.104. The van der Waals surface area contributed by atoms with E-state index in [4.69, 9.17) is 4.74 Å².